The third-order valence-electron chi connectivity index (χ3n) is 12.7. The van der Waals surface area contributed by atoms with Crippen molar-refractivity contribution in [1.82, 2.24) is 47.9 Å². The fraction of sp³-hybridized carbons (Fsp3) is 0.491. The lowest BCUT2D eigenvalue weighted by Crippen LogP contribution is -2.60. The van der Waals surface area contributed by atoms with Crippen molar-refractivity contribution in [3.63, 3.8) is 0 Å². The van der Waals surface area contributed by atoms with E-state index in [0.29, 0.717) is 43.4 Å². The first kappa shape index (κ1) is 66.4. The Labute approximate surface area is 466 Å². The Morgan fingerprint density at radius 3 is 1.29 bits per heavy atom. The molecule has 80 heavy (non-hydrogen) atoms. The maximum Gasteiger partial charge on any atom is 0.245 e. The third-order valence-corrected chi connectivity index (χ3v) is 12.7. The van der Waals surface area contributed by atoms with E-state index >= 15 is 0 Å². The molecule has 0 fully saturated rings. The van der Waals surface area contributed by atoms with Gasteiger partial charge in [-0.3, -0.25) is 47.9 Å². The van der Waals surface area contributed by atoms with Gasteiger partial charge in [-0.2, -0.15) is 0 Å². The quantitative estimate of drug-likeness (QED) is 0.0251. The zero-order valence-corrected chi connectivity index (χ0v) is 45.6. The molecule has 0 aliphatic rings. The van der Waals surface area contributed by atoms with Crippen molar-refractivity contribution in [3.8, 4) is 0 Å². The summed E-state index contributed by atoms with van der Waals surface area (Å²) in [5, 5.41) is 43.0. The molecule has 438 valence electrons. The van der Waals surface area contributed by atoms with Crippen molar-refractivity contribution in [2.45, 2.75) is 133 Å². The molecule has 3 aromatic rings. The first-order chi connectivity index (χ1) is 38.2. The summed E-state index contributed by atoms with van der Waals surface area (Å²) in [6.07, 6.45) is 0.909. The van der Waals surface area contributed by atoms with Gasteiger partial charge in [0.1, 0.15) is 42.3 Å². The highest BCUT2D eigenvalue weighted by atomic mass is 16.3. The molecule has 3 aromatic carbocycles. The number of unbranched alkanes of at least 4 members (excludes halogenated alkanes) is 2. The third kappa shape index (κ3) is 24.0. The van der Waals surface area contributed by atoms with E-state index in [4.69, 9.17) is 22.9 Å². The van der Waals surface area contributed by atoms with Gasteiger partial charge in [0.05, 0.1) is 31.8 Å². The predicted octanol–water partition coefficient (Wildman–Crippen LogP) is -3.56. The normalized spacial score (nSPS) is 14.4. The number of carbonyl (C=O) groups excluding carboxylic acids is 10. The van der Waals surface area contributed by atoms with Crippen LogP contribution in [0.15, 0.2) is 91.0 Å². The van der Waals surface area contributed by atoms with Crippen LogP contribution in [0.5, 0.6) is 0 Å². The summed E-state index contributed by atoms with van der Waals surface area (Å²) in [6, 6.07) is 15.9. The molecular formula is C55H81N13O12. The monoisotopic (exact) mass is 1120 g/mol. The fourth-order valence-electron chi connectivity index (χ4n) is 8.11. The Morgan fingerprint density at radius 1 is 0.450 bits per heavy atom. The van der Waals surface area contributed by atoms with Crippen LogP contribution in [0.1, 0.15) is 76.0 Å². The summed E-state index contributed by atoms with van der Waals surface area (Å²) in [7, 11) is 0. The van der Waals surface area contributed by atoms with E-state index in [1.165, 1.54) is 6.92 Å². The van der Waals surface area contributed by atoms with Crippen LogP contribution < -0.4 is 70.8 Å². The van der Waals surface area contributed by atoms with Crippen LogP contribution in [0, 0.1) is 5.92 Å². The van der Waals surface area contributed by atoms with Crippen LogP contribution in [0.25, 0.3) is 0 Å². The lowest BCUT2D eigenvalue weighted by molar-refractivity contribution is -0.135. The van der Waals surface area contributed by atoms with Crippen molar-refractivity contribution in [1.29, 1.82) is 0 Å². The first-order valence-corrected chi connectivity index (χ1v) is 26.7. The van der Waals surface area contributed by atoms with Crippen LogP contribution in [-0.2, 0) is 67.2 Å². The predicted molar refractivity (Wildman–Crippen MR) is 297 cm³/mol. The SMILES string of the molecule is CC(C)[C@H](NC(=O)[C@H](Cc1ccccc1)NC(=O)[C@H](Cc1ccccc1)NC(=O)CNC(=O)[C@H](CO)NC(=O)CNC(=O)[C@H](CCCCN)NC(=O)[C@@H](NC(=O)[C@@H](N)CCCCN)[C@@H](C)O)C(=O)N[C@@H](Cc1ccccc1)C(N)=O. The largest absolute Gasteiger partial charge is 0.394 e. The molecule has 19 N–H and O–H groups in total. The van der Waals surface area contributed by atoms with Gasteiger partial charge >= 0.3 is 0 Å². The Morgan fingerprint density at radius 2 is 0.838 bits per heavy atom. The van der Waals surface area contributed by atoms with E-state index < -0.39 is 139 Å². The molecule has 10 amide bonds. The molecule has 0 aliphatic carbocycles. The summed E-state index contributed by atoms with van der Waals surface area (Å²) < 4.78 is 0. The van der Waals surface area contributed by atoms with E-state index in [1.54, 1.807) is 105 Å². The molecule has 0 saturated carbocycles. The van der Waals surface area contributed by atoms with Crippen molar-refractivity contribution in [2.24, 2.45) is 28.9 Å². The molecule has 0 spiro atoms. The Bertz CT molecular complexity index is 2470. The van der Waals surface area contributed by atoms with Crippen LogP contribution in [0.4, 0.5) is 0 Å². The minimum atomic E-state index is -1.63. The smallest absolute Gasteiger partial charge is 0.245 e. The van der Waals surface area contributed by atoms with Gasteiger partial charge in [0.15, 0.2) is 0 Å². The summed E-state index contributed by atoms with van der Waals surface area (Å²) in [6.45, 7) is 2.87. The van der Waals surface area contributed by atoms with Crippen molar-refractivity contribution >= 4 is 59.1 Å². The number of benzene rings is 3. The molecular weight excluding hydrogens is 1030 g/mol. The van der Waals surface area contributed by atoms with Crippen molar-refractivity contribution in [2.75, 3.05) is 32.8 Å². The number of aliphatic hydroxyl groups excluding tert-OH is 2. The molecule has 0 radical (unpaired) electrons. The standard InChI is InChI=1S/C55H81N13O12/c1-33(2)46(54(79)65-40(48(59)73)27-35-17-7-4-8-18-35)67-53(78)42(29-37-21-11-6-12-22-37)66-52(77)41(28-36-19-9-5-10-20-36)62-44(71)30-61-51(76)43(32-69)63-45(72)31-60-50(75)39(24-14-16-26-57)64-55(80)47(34(3)70)68-49(74)38(58)23-13-15-25-56/h4-12,17-22,33-34,38-43,46-47,69-70H,13-16,23-32,56-58H2,1-3H3,(H2,59,73)(H,60,75)(H,61,76)(H,62,71)(H,63,72)(H,64,80)(H,65,79)(H,66,77)(H,67,78)(H,68,74)/t34-,38+,39+,40+,41+,42+,43+,46+,47+/m1/s1. The molecule has 9 atom stereocenters. The highest BCUT2D eigenvalue weighted by molar-refractivity contribution is 5.98. The maximum atomic E-state index is 14.3. The molecule has 0 heterocycles. The number of nitrogens with one attached hydrogen (secondary N) is 9. The summed E-state index contributed by atoms with van der Waals surface area (Å²) in [4.78, 5) is 134. The first-order valence-electron chi connectivity index (χ1n) is 26.7. The Kier molecular flexibility index (Phi) is 29.6. The molecule has 0 saturated heterocycles. The number of primary amides is 1. The number of hydrogen-bond acceptors (Lipinski definition) is 15. The highest BCUT2D eigenvalue weighted by Gasteiger charge is 2.34. The van der Waals surface area contributed by atoms with E-state index in [-0.39, 0.29) is 38.6 Å². The van der Waals surface area contributed by atoms with Gasteiger partial charge in [-0.1, -0.05) is 111 Å². The van der Waals surface area contributed by atoms with Gasteiger partial charge in [0, 0.05) is 19.3 Å². The molecule has 0 aromatic heterocycles. The van der Waals surface area contributed by atoms with E-state index in [1.807, 2.05) is 0 Å². The van der Waals surface area contributed by atoms with E-state index in [9.17, 15) is 58.2 Å². The minimum Gasteiger partial charge on any atom is -0.394 e. The second-order valence-corrected chi connectivity index (χ2v) is 19.6. The molecule has 0 aliphatic heterocycles. The van der Waals surface area contributed by atoms with Gasteiger partial charge in [0.25, 0.3) is 0 Å². The maximum absolute atomic E-state index is 14.3. The van der Waals surface area contributed by atoms with Gasteiger partial charge in [-0.15, -0.1) is 0 Å². The van der Waals surface area contributed by atoms with Gasteiger partial charge in [-0.25, -0.2) is 0 Å². The van der Waals surface area contributed by atoms with Gasteiger partial charge in [-0.05, 0) is 74.7 Å². The van der Waals surface area contributed by atoms with Gasteiger partial charge in [0.2, 0.25) is 59.1 Å². The molecule has 25 nitrogen and oxygen atoms in total. The number of aliphatic hydroxyl groups is 2. The lowest BCUT2D eigenvalue weighted by Gasteiger charge is -2.28. The zero-order valence-electron chi connectivity index (χ0n) is 45.6. The van der Waals surface area contributed by atoms with Crippen molar-refractivity contribution < 1.29 is 58.2 Å². The average Bonchev–Trinajstić information content (AvgIpc) is 3.45. The summed E-state index contributed by atoms with van der Waals surface area (Å²) in [5.41, 5.74) is 24.8. The number of amides is 10. The number of hydrogen-bond donors (Lipinski definition) is 15. The fourth-order valence-corrected chi connectivity index (χ4v) is 8.11. The second kappa shape index (κ2) is 35.6. The Hall–Kier alpha value is -7.84. The number of rotatable bonds is 36. The number of nitrogens with two attached hydrogens (primary N) is 4. The number of carbonyl (C=O) groups is 10. The molecule has 0 unspecified atom stereocenters. The summed E-state index contributed by atoms with van der Waals surface area (Å²) >= 11 is 0. The van der Waals surface area contributed by atoms with E-state index in [0.717, 1.165) is 5.56 Å². The minimum absolute atomic E-state index is 0.0484. The summed E-state index contributed by atoms with van der Waals surface area (Å²) in [5.74, 6) is -8.82. The van der Waals surface area contributed by atoms with Crippen LogP contribution in [0.3, 0.4) is 0 Å². The zero-order chi connectivity index (χ0) is 59.1. The molecule has 25 heteroatoms. The Balaban J connectivity index is 1.70. The van der Waals surface area contributed by atoms with Crippen molar-refractivity contribution in [3.05, 3.63) is 108 Å². The average molecular weight is 1120 g/mol. The van der Waals surface area contributed by atoms with Crippen LogP contribution in [0.2, 0.25) is 0 Å². The van der Waals surface area contributed by atoms with Gasteiger partial charge < -0.3 is 81.0 Å². The van der Waals surface area contributed by atoms with Crippen LogP contribution >= 0.6 is 0 Å². The molecule has 3 rings (SSSR count). The molecule has 0 bridgehead atoms. The topological polar surface area (TPSA) is 424 Å². The van der Waals surface area contributed by atoms with Crippen LogP contribution in [-0.4, -0.2) is 157 Å². The lowest BCUT2D eigenvalue weighted by atomic mass is 9.99. The second-order valence-electron chi connectivity index (χ2n) is 19.6. The van der Waals surface area contributed by atoms with E-state index in [2.05, 4.69) is 47.9 Å². The highest BCUT2D eigenvalue weighted by Crippen LogP contribution is 2.12.